The maximum Gasteiger partial charge on any atom is 0.1000 e. The Balaban J connectivity index is 1.89. The van der Waals surface area contributed by atoms with Gasteiger partial charge in [-0.3, -0.25) is 10.3 Å². The summed E-state index contributed by atoms with van der Waals surface area (Å²) >= 11 is 0. The maximum atomic E-state index is 6.28. The number of hydrogen-bond donors (Lipinski definition) is 2. The van der Waals surface area contributed by atoms with Gasteiger partial charge >= 0.3 is 0 Å². The molecule has 0 unspecified atom stereocenters. The van der Waals surface area contributed by atoms with Gasteiger partial charge in [-0.25, -0.2) is 0 Å². The third kappa shape index (κ3) is 10.6. The molecule has 0 heterocycles. The molecule has 1 aliphatic carbocycles. The van der Waals surface area contributed by atoms with E-state index in [-0.39, 0.29) is 0 Å². The Bertz CT molecular complexity index is 918. The average molecular weight is 475 g/mol. The first-order chi connectivity index (χ1) is 17.1. The van der Waals surface area contributed by atoms with E-state index in [4.69, 9.17) is 10.6 Å². The minimum absolute atomic E-state index is 0.410. The molecule has 3 nitrogen and oxygen atoms in total. The van der Waals surface area contributed by atoms with Crippen molar-refractivity contribution in [1.82, 2.24) is 0 Å². The quantitative estimate of drug-likeness (QED) is 0.151. The van der Waals surface area contributed by atoms with Gasteiger partial charge < -0.3 is 5.73 Å². The first-order valence-corrected chi connectivity index (χ1v) is 13.3. The van der Waals surface area contributed by atoms with Crippen LogP contribution in [-0.2, 0) is 4.84 Å². The van der Waals surface area contributed by atoms with E-state index in [0.717, 1.165) is 42.0 Å². The lowest BCUT2D eigenvalue weighted by Crippen LogP contribution is -2.09. The van der Waals surface area contributed by atoms with E-state index in [2.05, 4.69) is 50.2 Å². The van der Waals surface area contributed by atoms with Gasteiger partial charge in [-0.2, -0.15) is 0 Å². The molecule has 0 spiro atoms. The summed E-state index contributed by atoms with van der Waals surface area (Å²) in [6.45, 7) is 10.9. The maximum absolute atomic E-state index is 6.28. The second-order valence-electron chi connectivity index (χ2n) is 9.32. The standard InChI is InChI=1S/C32H46N2O/c1-5-14-26(6-2)15-12-16-27-21-23-28(24-22-27)17-13-20-31(32(33)8-4)29(7-3)25-35-34-30-18-10-9-11-19-30/h7-11,13,16,18-20,23,26,34H,4-6,12,14-15,17,21-22,24-25,33H2,1-3H3/b20-13-,27-16+,29-7-,32-31-/t26-/m0/s1. The van der Waals surface area contributed by atoms with Crippen LogP contribution in [0.15, 0.2) is 101 Å². The van der Waals surface area contributed by atoms with Crippen LogP contribution in [0.25, 0.3) is 0 Å². The molecule has 1 aromatic carbocycles. The summed E-state index contributed by atoms with van der Waals surface area (Å²) in [6, 6.07) is 9.86. The highest BCUT2D eigenvalue weighted by atomic mass is 16.6. The average Bonchev–Trinajstić information content (AvgIpc) is 2.90. The van der Waals surface area contributed by atoms with Crippen molar-refractivity contribution in [3.05, 3.63) is 101 Å². The lowest BCUT2D eigenvalue weighted by molar-refractivity contribution is 0.222. The topological polar surface area (TPSA) is 47.3 Å². The van der Waals surface area contributed by atoms with E-state index in [1.165, 1.54) is 44.1 Å². The Morgan fingerprint density at radius 3 is 2.60 bits per heavy atom. The van der Waals surface area contributed by atoms with Crippen LogP contribution < -0.4 is 11.2 Å². The monoisotopic (exact) mass is 474 g/mol. The highest BCUT2D eigenvalue weighted by molar-refractivity contribution is 5.46. The first kappa shape index (κ1) is 28.5. The van der Waals surface area contributed by atoms with E-state index >= 15 is 0 Å². The Labute approximate surface area is 214 Å². The summed E-state index contributed by atoms with van der Waals surface area (Å²) in [6.07, 6.45) is 24.0. The molecular formula is C32H46N2O. The summed E-state index contributed by atoms with van der Waals surface area (Å²) < 4.78 is 0. The molecule has 2 rings (SSSR count). The fourth-order valence-electron chi connectivity index (χ4n) is 4.50. The van der Waals surface area contributed by atoms with Gasteiger partial charge in [0, 0.05) is 11.3 Å². The predicted molar refractivity (Wildman–Crippen MR) is 153 cm³/mol. The van der Waals surface area contributed by atoms with Crippen LogP contribution in [0.3, 0.4) is 0 Å². The summed E-state index contributed by atoms with van der Waals surface area (Å²) in [5.74, 6) is 0.892. The highest BCUT2D eigenvalue weighted by Crippen LogP contribution is 2.27. The van der Waals surface area contributed by atoms with Gasteiger partial charge in [0.05, 0.1) is 12.3 Å². The van der Waals surface area contributed by atoms with Crippen molar-refractivity contribution in [3.8, 4) is 0 Å². The zero-order valence-corrected chi connectivity index (χ0v) is 22.2. The molecule has 1 aliphatic rings. The number of allylic oxidation sites excluding steroid dienone is 8. The van der Waals surface area contributed by atoms with E-state index in [1.54, 1.807) is 11.6 Å². The molecule has 0 saturated heterocycles. The minimum atomic E-state index is 0.410. The molecule has 190 valence electrons. The van der Waals surface area contributed by atoms with Crippen molar-refractivity contribution in [2.24, 2.45) is 11.7 Å². The summed E-state index contributed by atoms with van der Waals surface area (Å²) in [5.41, 5.74) is 16.0. The minimum Gasteiger partial charge on any atom is -0.398 e. The smallest absolute Gasteiger partial charge is 0.1000 e. The SMILES string of the molecule is C=C/C(N)=C(\C=C/CC1=CC/C(=C\CC[C@@H](CC)CCC)CC1)C(=C\C)/CONc1ccccc1. The van der Waals surface area contributed by atoms with Gasteiger partial charge in [0.15, 0.2) is 0 Å². The Kier molecular flexibility index (Phi) is 13.6. The number of hydrogen-bond acceptors (Lipinski definition) is 3. The molecule has 1 aromatic rings. The predicted octanol–water partition coefficient (Wildman–Crippen LogP) is 8.96. The van der Waals surface area contributed by atoms with Gasteiger partial charge in [-0.05, 0) is 75.1 Å². The molecule has 0 amide bonds. The number of nitrogens with one attached hydrogen (secondary N) is 1. The molecule has 0 radical (unpaired) electrons. The van der Waals surface area contributed by atoms with E-state index < -0.39 is 0 Å². The van der Waals surface area contributed by atoms with Crippen molar-refractivity contribution in [3.63, 3.8) is 0 Å². The number of benzene rings is 1. The van der Waals surface area contributed by atoms with Crippen LogP contribution in [0.4, 0.5) is 5.69 Å². The van der Waals surface area contributed by atoms with Crippen molar-refractivity contribution in [2.75, 3.05) is 12.1 Å². The zero-order chi connectivity index (χ0) is 25.3. The van der Waals surface area contributed by atoms with Gasteiger partial charge in [0.25, 0.3) is 0 Å². The number of anilines is 1. The molecule has 0 aliphatic heterocycles. The van der Waals surface area contributed by atoms with E-state index in [0.29, 0.717) is 12.3 Å². The lowest BCUT2D eigenvalue weighted by Gasteiger charge is -2.16. The number of para-hydroxylation sites is 1. The molecule has 0 aromatic heterocycles. The normalized spacial score (nSPS) is 17.3. The van der Waals surface area contributed by atoms with Crippen molar-refractivity contribution in [1.29, 1.82) is 0 Å². The summed E-state index contributed by atoms with van der Waals surface area (Å²) in [4.78, 5) is 5.73. The van der Waals surface area contributed by atoms with Gasteiger partial charge in [0.1, 0.15) is 0 Å². The molecule has 3 N–H and O–H groups in total. The molecule has 0 bridgehead atoms. The van der Waals surface area contributed by atoms with Crippen LogP contribution in [-0.4, -0.2) is 6.61 Å². The number of nitrogens with two attached hydrogens (primary N) is 1. The number of rotatable bonds is 15. The van der Waals surface area contributed by atoms with E-state index in [9.17, 15) is 0 Å². The van der Waals surface area contributed by atoms with Crippen LogP contribution in [0.1, 0.15) is 78.6 Å². The fourth-order valence-corrected chi connectivity index (χ4v) is 4.50. The Morgan fingerprint density at radius 1 is 1.17 bits per heavy atom. The third-order valence-corrected chi connectivity index (χ3v) is 6.78. The van der Waals surface area contributed by atoms with Crippen molar-refractivity contribution in [2.45, 2.75) is 78.6 Å². The largest absolute Gasteiger partial charge is 0.398 e. The lowest BCUT2D eigenvalue weighted by atomic mass is 9.90. The van der Waals surface area contributed by atoms with Crippen LogP contribution in [0.2, 0.25) is 0 Å². The van der Waals surface area contributed by atoms with Crippen molar-refractivity contribution < 1.29 is 4.84 Å². The van der Waals surface area contributed by atoms with Crippen LogP contribution in [0.5, 0.6) is 0 Å². The van der Waals surface area contributed by atoms with Crippen LogP contribution in [0, 0.1) is 5.92 Å². The third-order valence-electron chi connectivity index (χ3n) is 6.78. The molecule has 3 heteroatoms. The molecule has 0 saturated carbocycles. The van der Waals surface area contributed by atoms with Crippen molar-refractivity contribution >= 4 is 5.69 Å². The zero-order valence-electron chi connectivity index (χ0n) is 22.2. The second kappa shape index (κ2) is 16.8. The Hall–Kier alpha value is -2.78. The molecule has 1 atom stereocenters. The molecule has 35 heavy (non-hydrogen) atoms. The first-order valence-electron chi connectivity index (χ1n) is 13.3. The van der Waals surface area contributed by atoms with E-state index in [1.807, 2.05) is 43.3 Å². The molecular weight excluding hydrogens is 428 g/mol. The van der Waals surface area contributed by atoms with Gasteiger partial charge in [-0.15, -0.1) is 0 Å². The highest BCUT2D eigenvalue weighted by Gasteiger charge is 2.09. The molecule has 0 fully saturated rings. The van der Waals surface area contributed by atoms with Crippen LogP contribution >= 0.6 is 0 Å². The van der Waals surface area contributed by atoms with Gasteiger partial charge in [-0.1, -0.05) is 99.4 Å². The summed E-state index contributed by atoms with van der Waals surface area (Å²) in [5, 5.41) is 0. The summed E-state index contributed by atoms with van der Waals surface area (Å²) in [7, 11) is 0. The fraction of sp³-hybridized carbons (Fsp3) is 0.438. The Morgan fingerprint density at radius 2 is 1.97 bits per heavy atom. The van der Waals surface area contributed by atoms with Gasteiger partial charge in [0.2, 0.25) is 0 Å². The second-order valence-corrected chi connectivity index (χ2v) is 9.32.